The number of hydrogen-bond donors (Lipinski definition) is 1. The smallest absolute Gasteiger partial charge is 0.0559 e. The SMILES string of the molecule is CSc1ccc([C@@H](N)c2ccsc2)cc1.Cl. The number of halogens is 1. The molecule has 0 saturated heterocycles. The lowest BCUT2D eigenvalue weighted by Crippen LogP contribution is -2.10. The van der Waals surface area contributed by atoms with E-state index in [1.165, 1.54) is 16.0 Å². The van der Waals surface area contributed by atoms with E-state index >= 15 is 0 Å². The topological polar surface area (TPSA) is 26.0 Å². The van der Waals surface area contributed by atoms with Crippen LogP contribution in [0.1, 0.15) is 17.2 Å². The predicted molar refractivity (Wildman–Crippen MR) is 75.8 cm³/mol. The van der Waals surface area contributed by atoms with Gasteiger partial charge in [0, 0.05) is 4.90 Å². The van der Waals surface area contributed by atoms with Crippen LogP contribution in [0.4, 0.5) is 0 Å². The Hall–Kier alpha value is -0.480. The molecular weight excluding hydrogens is 258 g/mol. The van der Waals surface area contributed by atoms with Crippen LogP contribution in [-0.4, -0.2) is 6.26 Å². The van der Waals surface area contributed by atoms with Gasteiger partial charge in [-0.2, -0.15) is 11.3 Å². The molecule has 0 aliphatic rings. The van der Waals surface area contributed by atoms with Gasteiger partial charge in [0.15, 0.2) is 0 Å². The lowest BCUT2D eigenvalue weighted by Gasteiger charge is -2.10. The second-order valence-corrected chi connectivity index (χ2v) is 4.97. The molecule has 0 aliphatic heterocycles. The average molecular weight is 272 g/mol. The van der Waals surface area contributed by atoms with Gasteiger partial charge in [0.05, 0.1) is 6.04 Å². The first kappa shape index (κ1) is 13.6. The molecule has 4 heteroatoms. The fourth-order valence-corrected chi connectivity index (χ4v) is 2.56. The van der Waals surface area contributed by atoms with Gasteiger partial charge in [-0.15, -0.1) is 24.2 Å². The Morgan fingerprint density at radius 3 is 2.31 bits per heavy atom. The molecule has 0 aliphatic carbocycles. The van der Waals surface area contributed by atoms with Gasteiger partial charge in [0.1, 0.15) is 0 Å². The molecule has 1 heterocycles. The Balaban J connectivity index is 0.00000128. The Bertz CT molecular complexity index is 411. The third kappa shape index (κ3) is 3.01. The highest BCUT2D eigenvalue weighted by Gasteiger charge is 2.08. The van der Waals surface area contributed by atoms with Gasteiger partial charge in [-0.1, -0.05) is 12.1 Å². The van der Waals surface area contributed by atoms with E-state index < -0.39 is 0 Å². The largest absolute Gasteiger partial charge is 0.320 e. The van der Waals surface area contributed by atoms with Crippen molar-refractivity contribution in [2.75, 3.05) is 6.26 Å². The standard InChI is InChI=1S/C12H13NS2.ClH/c1-14-11-4-2-9(3-5-11)12(13)10-6-7-15-8-10;/h2-8,12H,13H2,1H3;1H/t12-;/m1./s1. The molecule has 0 saturated carbocycles. The molecule has 1 nitrogen and oxygen atoms in total. The Kier molecular flexibility index (Phi) is 5.35. The Labute approximate surface area is 110 Å². The van der Waals surface area contributed by atoms with Crippen LogP contribution in [0, 0.1) is 0 Å². The molecule has 1 aromatic carbocycles. The first-order valence-electron chi connectivity index (χ1n) is 4.73. The normalized spacial score (nSPS) is 11.9. The van der Waals surface area contributed by atoms with Gasteiger partial charge in [0.2, 0.25) is 0 Å². The summed E-state index contributed by atoms with van der Waals surface area (Å²) < 4.78 is 0. The lowest BCUT2D eigenvalue weighted by molar-refractivity contribution is 0.875. The number of hydrogen-bond acceptors (Lipinski definition) is 3. The second-order valence-electron chi connectivity index (χ2n) is 3.31. The number of rotatable bonds is 3. The average Bonchev–Trinajstić information content (AvgIpc) is 2.82. The zero-order chi connectivity index (χ0) is 10.7. The molecule has 0 fully saturated rings. The van der Waals surface area contributed by atoms with Gasteiger partial charge >= 0.3 is 0 Å². The maximum Gasteiger partial charge on any atom is 0.0559 e. The first-order chi connectivity index (χ1) is 7.31. The quantitative estimate of drug-likeness (QED) is 0.856. The maximum atomic E-state index is 6.15. The monoisotopic (exact) mass is 271 g/mol. The molecule has 2 rings (SSSR count). The van der Waals surface area contributed by atoms with E-state index in [1.54, 1.807) is 23.1 Å². The third-order valence-electron chi connectivity index (χ3n) is 2.38. The first-order valence-corrected chi connectivity index (χ1v) is 6.89. The summed E-state index contributed by atoms with van der Waals surface area (Å²) in [5, 5.41) is 4.17. The van der Waals surface area contributed by atoms with Crippen molar-refractivity contribution in [3.63, 3.8) is 0 Å². The highest BCUT2D eigenvalue weighted by Crippen LogP contribution is 2.23. The summed E-state index contributed by atoms with van der Waals surface area (Å²) in [7, 11) is 0. The molecule has 2 aromatic rings. The van der Waals surface area contributed by atoms with Gasteiger partial charge in [-0.3, -0.25) is 0 Å². The van der Waals surface area contributed by atoms with Crippen molar-refractivity contribution in [3.8, 4) is 0 Å². The van der Waals surface area contributed by atoms with Crippen LogP contribution in [-0.2, 0) is 0 Å². The van der Waals surface area contributed by atoms with Crippen molar-refractivity contribution >= 4 is 35.5 Å². The van der Waals surface area contributed by atoms with E-state index in [2.05, 4.69) is 47.3 Å². The predicted octanol–water partition coefficient (Wildman–Crippen LogP) is 3.94. The van der Waals surface area contributed by atoms with Gasteiger partial charge in [-0.25, -0.2) is 0 Å². The third-order valence-corrected chi connectivity index (χ3v) is 3.82. The van der Waals surface area contributed by atoms with Crippen molar-refractivity contribution in [1.82, 2.24) is 0 Å². The van der Waals surface area contributed by atoms with Crippen LogP contribution < -0.4 is 5.73 Å². The maximum absolute atomic E-state index is 6.15. The lowest BCUT2D eigenvalue weighted by atomic mass is 10.0. The molecule has 0 spiro atoms. The van der Waals surface area contributed by atoms with Crippen molar-refractivity contribution in [2.24, 2.45) is 5.73 Å². The number of benzene rings is 1. The van der Waals surface area contributed by atoms with Crippen LogP contribution in [0.3, 0.4) is 0 Å². The van der Waals surface area contributed by atoms with Gasteiger partial charge < -0.3 is 5.73 Å². The summed E-state index contributed by atoms with van der Waals surface area (Å²) in [5.74, 6) is 0. The molecule has 1 aromatic heterocycles. The summed E-state index contributed by atoms with van der Waals surface area (Å²) >= 11 is 3.43. The number of thioether (sulfide) groups is 1. The van der Waals surface area contributed by atoms with Gasteiger partial charge in [-0.05, 0) is 46.3 Å². The minimum Gasteiger partial charge on any atom is -0.320 e. The highest BCUT2D eigenvalue weighted by atomic mass is 35.5. The Morgan fingerprint density at radius 2 is 1.81 bits per heavy atom. The molecule has 16 heavy (non-hydrogen) atoms. The van der Waals surface area contributed by atoms with Crippen molar-refractivity contribution in [1.29, 1.82) is 0 Å². The van der Waals surface area contributed by atoms with Crippen LogP contribution in [0.25, 0.3) is 0 Å². The van der Waals surface area contributed by atoms with Crippen molar-refractivity contribution < 1.29 is 0 Å². The fraction of sp³-hybridized carbons (Fsp3) is 0.167. The van der Waals surface area contributed by atoms with E-state index in [1.807, 2.05) is 0 Å². The van der Waals surface area contributed by atoms with Gasteiger partial charge in [0.25, 0.3) is 0 Å². The van der Waals surface area contributed by atoms with Crippen molar-refractivity contribution in [2.45, 2.75) is 10.9 Å². The zero-order valence-corrected chi connectivity index (χ0v) is 11.4. The summed E-state index contributed by atoms with van der Waals surface area (Å²) in [6, 6.07) is 10.5. The molecule has 0 bridgehead atoms. The van der Waals surface area contributed by atoms with Crippen LogP contribution in [0.2, 0.25) is 0 Å². The summed E-state index contributed by atoms with van der Waals surface area (Å²) in [6.45, 7) is 0. The van der Waals surface area contributed by atoms with Crippen LogP contribution in [0.15, 0.2) is 46.0 Å². The molecule has 0 unspecified atom stereocenters. The van der Waals surface area contributed by atoms with E-state index in [4.69, 9.17) is 5.73 Å². The second kappa shape index (κ2) is 6.30. The number of nitrogens with two attached hydrogens (primary N) is 1. The minimum atomic E-state index is 0. The summed E-state index contributed by atoms with van der Waals surface area (Å²) in [5.41, 5.74) is 8.52. The minimum absolute atomic E-state index is 0. The zero-order valence-electron chi connectivity index (χ0n) is 8.92. The molecule has 1 atom stereocenters. The fourth-order valence-electron chi connectivity index (χ4n) is 1.46. The van der Waals surface area contributed by atoms with Crippen LogP contribution >= 0.6 is 35.5 Å². The van der Waals surface area contributed by atoms with Crippen molar-refractivity contribution in [3.05, 3.63) is 52.2 Å². The van der Waals surface area contributed by atoms with E-state index in [9.17, 15) is 0 Å². The molecular formula is C12H14ClNS2. The molecule has 2 N–H and O–H groups in total. The highest BCUT2D eigenvalue weighted by molar-refractivity contribution is 7.98. The number of thiophene rings is 1. The Morgan fingerprint density at radius 1 is 1.12 bits per heavy atom. The molecule has 86 valence electrons. The van der Waals surface area contributed by atoms with E-state index in [0.717, 1.165) is 0 Å². The van der Waals surface area contributed by atoms with E-state index in [0.29, 0.717) is 0 Å². The summed E-state index contributed by atoms with van der Waals surface area (Å²) in [4.78, 5) is 1.27. The summed E-state index contributed by atoms with van der Waals surface area (Å²) in [6.07, 6.45) is 2.08. The molecule has 0 amide bonds. The van der Waals surface area contributed by atoms with Crippen LogP contribution in [0.5, 0.6) is 0 Å². The van der Waals surface area contributed by atoms with E-state index in [-0.39, 0.29) is 18.4 Å². The molecule has 0 radical (unpaired) electrons.